The molecule has 33 heavy (non-hydrogen) atoms. The van der Waals surface area contributed by atoms with Crippen molar-refractivity contribution in [3.05, 3.63) is 66.4 Å². The molecule has 0 aromatic carbocycles. The number of hydrogen-bond donors (Lipinski definition) is 3. The molecule has 0 aliphatic heterocycles. The number of pyridine rings is 3. The normalized spacial score (nSPS) is 17.2. The fourth-order valence-corrected chi connectivity index (χ4v) is 4.07. The topological polar surface area (TPSA) is 132 Å². The molecule has 1 amide bonds. The number of rotatable bonds is 5. The zero-order chi connectivity index (χ0) is 23.3. The van der Waals surface area contributed by atoms with Gasteiger partial charge in [0, 0.05) is 42.5 Å². The molecule has 2 atom stereocenters. The average molecular weight is 441 g/mol. The van der Waals surface area contributed by atoms with Crippen LogP contribution in [0.2, 0.25) is 0 Å². The van der Waals surface area contributed by atoms with Crippen molar-refractivity contribution in [2.45, 2.75) is 19.3 Å². The molecule has 166 valence electrons. The molecule has 0 saturated heterocycles. The second kappa shape index (κ2) is 7.70. The molecule has 4 aromatic rings. The number of fused-ring (bicyclic) bond motifs is 1. The monoisotopic (exact) mass is 441 g/mol. The lowest BCUT2D eigenvalue weighted by Crippen LogP contribution is -2.15. The van der Waals surface area contributed by atoms with Crippen molar-refractivity contribution >= 4 is 34.1 Å². The van der Waals surface area contributed by atoms with E-state index in [2.05, 4.69) is 31.9 Å². The third-order valence-electron chi connectivity index (χ3n) is 5.96. The van der Waals surface area contributed by atoms with E-state index in [0.717, 1.165) is 28.5 Å². The van der Waals surface area contributed by atoms with Crippen LogP contribution in [0.25, 0.3) is 27.8 Å². The van der Waals surface area contributed by atoms with Crippen molar-refractivity contribution in [2.24, 2.45) is 13.0 Å². The Labute approximate surface area is 190 Å². The number of aliphatic hydroxyl groups is 1. The highest BCUT2D eigenvalue weighted by Gasteiger charge is 2.44. The van der Waals surface area contributed by atoms with E-state index in [9.17, 15) is 9.90 Å². The largest absolute Gasteiger partial charge is 0.506 e. The van der Waals surface area contributed by atoms with Crippen molar-refractivity contribution in [3.63, 3.8) is 0 Å². The Kier molecular flexibility index (Phi) is 4.81. The molecule has 1 aliphatic carbocycles. The molecule has 9 heteroatoms. The van der Waals surface area contributed by atoms with Crippen LogP contribution in [0, 0.1) is 12.8 Å². The first-order chi connectivity index (χ1) is 15.8. The highest BCUT2D eigenvalue weighted by Crippen LogP contribution is 2.47. The minimum atomic E-state index is -0.0940. The first-order valence-electron chi connectivity index (χ1n) is 10.5. The molecule has 0 unspecified atom stereocenters. The van der Waals surface area contributed by atoms with E-state index in [1.807, 2.05) is 32.4 Å². The van der Waals surface area contributed by atoms with Crippen LogP contribution in [0.5, 0.6) is 0 Å². The number of nitrogens with one attached hydrogen (secondary N) is 1. The van der Waals surface area contributed by atoms with Crippen molar-refractivity contribution < 1.29 is 9.90 Å². The van der Waals surface area contributed by atoms with Crippen molar-refractivity contribution in [1.29, 1.82) is 0 Å². The highest BCUT2D eigenvalue weighted by molar-refractivity contribution is 5.98. The zero-order valence-electron chi connectivity index (χ0n) is 18.3. The number of nitrogen functional groups attached to an aromatic ring is 1. The Morgan fingerprint density at radius 3 is 2.76 bits per heavy atom. The Morgan fingerprint density at radius 2 is 2.06 bits per heavy atom. The van der Waals surface area contributed by atoms with Crippen molar-refractivity contribution in [2.75, 3.05) is 11.1 Å². The Balaban J connectivity index is 1.41. The minimum absolute atomic E-state index is 0.0576. The summed E-state index contributed by atoms with van der Waals surface area (Å²) < 4.78 is 1.74. The van der Waals surface area contributed by atoms with Gasteiger partial charge in [0.05, 0.1) is 11.9 Å². The van der Waals surface area contributed by atoms with E-state index in [-0.39, 0.29) is 23.5 Å². The quantitative estimate of drug-likeness (QED) is 0.403. The molecule has 1 saturated carbocycles. The van der Waals surface area contributed by atoms with E-state index in [1.54, 1.807) is 29.2 Å². The summed E-state index contributed by atoms with van der Waals surface area (Å²) in [4.78, 5) is 25.8. The van der Waals surface area contributed by atoms with Gasteiger partial charge in [0.15, 0.2) is 0 Å². The summed E-state index contributed by atoms with van der Waals surface area (Å²) in [5, 5.41) is 18.2. The van der Waals surface area contributed by atoms with Gasteiger partial charge >= 0.3 is 0 Å². The van der Waals surface area contributed by atoms with E-state index in [1.165, 1.54) is 0 Å². The number of carbonyl (C=O) groups excluding carboxylic acids is 1. The van der Waals surface area contributed by atoms with E-state index in [4.69, 9.17) is 5.73 Å². The maximum absolute atomic E-state index is 12.7. The lowest BCUT2D eigenvalue weighted by molar-refractivity contribution is -0.117. The fraction of sp³-hybridized carbons (Fsp3) is 0.208. The average Bonchev–Trinajstić information content (AvgIpc) is 3.46. The van der Waals surface area contributed by atoms with Gasteiger partial charge in [0.2, 0.25) is 5.91 Å². The Hall–Kier alpha value is -4.27. The summed E-state index contributed by atoms with van der Waals surface area (Å²) in [5.74, 6) is 0.753. The van der Waals surface area contributed by atoms with Gasteiger partial charge in [-0.1, -0.05) is 6.58 Å². The standard InChI is InChI=1S/C24H23N7O2/c1-12-4-20(13(2)32)26-9-18(12)21-5-14-6-22(27-10-19(14)23(25)29-21)30-24(33)17-7-16(17)15-8-28-31(3)11-15/h4-6,8-11,16-17,32H,2,7H2,1,3H3,(H2,25,29)(H,27,30,33)/t16-,17+/m0/s1. The number of aromatic nitrogens is 5. The molecule has 9 nitrogen and oxygen atoms in total. The molecule has 1 fully saturated rings. The van der Waals surface area contributed by atoms with Crippen LogP contribution in [-0.2, 0) is 11.8 Å². The number of hydrogen-bond acceptors (Lipinski definition) is 7. The van der Waals surface area contributed by atoms with Crippen molar-refractivity contribution in [3.8, 4) is 11.3 Å². The molecule has 4 heterocycles. The number of aryl methyl sites for hydroxylation is 2. The third kappa shape index (κ3) is 3.89. The van der Waals surface area contributed by atoms with Gasteiger partial charge in [0.25, 0.3) is 0 Å². The summed E-state index contributed by atoms with van der Waals surface area (Å²) in [5.41, 5.74) is 9.98. The van der Waals surface area contributed by atoms with Gasteiger partial charge in [-0.2, -0.15) is 5.10 Å². The van der Waals surface area contributed by atoms with Gasteiger partial charge < -0.3 is 16.2 Å². The summed E-state index contributed by atoms with van der Waals surface area (Å²) in [6.45, 7) is 5.41. The van der Waals surface area contributed by atoms with Gasteiger partial charge in [-0.25, -0.2) is 9.97 Å². The number of nitrogens with two attached hydrogens (primary N) is 1. The second-order valence-electron chi connectivity index (χ2n) is 8.40. The van der Waals surface area contributed by atoms with Gasteiger partial charge in [-0.15, -0.1) is 0 Å². The Morgan fingerprint density at radius 1 is 1.24 bits per heavy atom. The maximum Gasteiger partial charge on any atom is 0.229 e. The molecule has 5 rings (SSSR count). The lowest BCUT2D eigenvalue weighted by atomic mass is 10.0. The predicted octanol–water partition coefficient (Wildman–Crippen LogP) is 3.59. The summed E-state index contributed by atoms with van der Waals surface area (Å²) in [7, 11) is 1.87. The smallest absolute Gasteiger partial charge is 0.229 e. The number of nitrogens with zero attached hydrogens (tertiary/aromatic N) is 5. The zero-order valence-corrected chi connectivity index (χ0v) is 18.3. The van der Waals surface area contributed by atoms with E-state index >= 15 is 0 Å². The first kappa shape index (κ1) is 20.6. The van der Waals surface area contributed by atoms with Crippen LogP contribution in [0.15, 0.2) is 49.6 Å². The Bertz CT molecular complexity index is 1430. The summed E-state index contributed by atoms with van der Waals surface area (Å²) in [6, 6.07) is 5.42. The van der Waals surface area contributed by atoms with Gasteiger partial charge in [0.1, 0.15) is 23.1 Å². The van der Waals surface area contributed by atoms with Crippen LogP contribution in [0.3, 0.4) is 0 Å². The van der Waals surface area contributed by atoms with E-state index in [0.29, 0.717) is 28.4 Å². The van der Waals surface area contributed by atoms with E-state index < -0.39 is 0 Å². The summed E-state index contributed by atoms with van der Waals surface area (Å²) >= 11 is 0. The molecular formula is C24H23N7O2. The molecule has 4 aromatic heterocycles. The van der Waals surface area contributed by atoms with Crippen LogP contribution in [0.4, 0.5) is 11.6 Å². The van der Waals surface area contributed by atoms with Gasteiger partial charge in [-0.3, -0.25) is 14.5 Å². The minimum Gasteiger partial charge on any atom is -0.506 e. The number of amides is 1. The number of anilines is 2. The van der Waals surface area contributed by atoms with Gasteiger partial charge in [-0.05, 0) is 54.0 Å². The lowest BCUT2D eigenvalue weighted by Gasteiger charge is -2.11. The highest BCUT2D eigenvalue weighted by atomic mass is 16.3. The number of carbonyl (C=O) groups is 1. The van der Waals surface area contributed by atoms with Crippen LogP contribution >= 0.6 is 0 Å². The second-order valence-corrected chi connectivity index (χ2v) is 8.40. The molecule has 0 radical (unpaired) electrons. The predicted molar refractivity (Wildman–Crippen MR) is 126 cm³/mol. The molecule has 0 bridgehead atoms. The molecule has 1 aliphatic rings. The third-order valence-corrected chi connectivity index (χ3v) is 5.96. The number of aliphatic hydroxyl groups excluding tert-OH is 1. The maximum atomic E-state index is 12.7. The molecule has 4 N–H and O–H groups in total. The summed E-state index contributed by atoms with van der Waals surface area (Å²) in [6.07, 6.45) is 7.81. The molecular weight excluding hydrogens is 418 g/mol. The van der Waals surface area contributed by atoms with Crippen LogP contribution < -0.4 is 11.1 Å². The first-order valence-corrected chi connectivity index (χ1v) is 10.5. The molecule has 0 spiro atoms. The SMILES string of the molecule is C=C(O)c1cc(C)c(-c2cc3cc(NC(=O)[C@@H]4C[C@H]4c4cnn(C)c4)ncc3c(N)n2)cn1. The fourth-order valence-electron chi connectivity index (χ4n) is 4.07. The van der Waals surface area contributed by atoms with Crippen LogP contribution in [0.1, 0.15) is 29.2 Å². The van der Waals surface area contributed by atoms with Crippen molar-refractivity contribution in [1.82, 2.24) is 24.7 Å². The van der Waals surface area contributed by atoms with Crippen LogP contribution in [-0.4, -0.2) is 35.7 Å².